The number of nitrogens with zero attached hydrogens (tertiary/aromatic N) is 4. The van der Waals surface area contributed by atoms with Gasteiger partial charge in [-0.15, -0.1) is 0 Å². The highest BCUT2D eigenvalue weighted by molar-refractivity contribution is 6.26. The summed E-state index contributed by atoms with van der Waals surface area (Å²) in [4.78, 5) is 0. The molecule has 3 heterocycles. The Morgan fingerprint density at radius 3 is 1.51 bits per heavy atom. The van der Waals surface area contributed by atoms with Gasteiger partial charge in [-0.25, -0.2) is 0 Å². The quantitative estimate of drug-likeness (QED) is 0.183. The van der Waals surface area contributed by atoms with Crippen LogP contribution in [0, 0.1) is 11.3 Å². The molecule has 0 aliphatic carbocycles. The molecular weight excluding hydrogens is 645 g/mol. The first kappa shape index (κ1) is 29.4. The van der Waals surface area contributed by atoms with Gasteiger partial charge in [0.05, 0.1) is 44.7 Å². The second-order valence-electron chi connectivity index (χ2n) is 13.7. The molecule has 0 radical (unpaired) electrons. The average molecular weight is 675 g/mol. The van der Waals surface area contributed by atoms with Gasteiger partial charge in [0.15, 0.2) is 0 Å². The molecule has 0 unspecified atom stereocenters. The zero-order valence-corrected chi connectivity index (χ0v) is 28.6. The largest absolute Gasteiger partial charge is 0.309 e. The normalized spacial score (nSPS) is 11.8. The van der Waals surface area contributed by atoms with E-state index in [-0.39, 0.29) is 0 Å². The van der Waals surface area contributed by atoms with E-state index in [9.17, 15) is 5.26 Å². The highest BCUT2D eigenvalue weighted by atomic mass is 15.0. The average Bonchev–Trinajstić information content (AvgIpc) is 3.87. The van der Waals surface area contributed by atoms with Gasteiger partial charge < -0.3 is 13.7 Å². The van der Waals surface area contributed by atoms with E-state index in [1.165, 1.54) is 32.6 Å². The van der Waals surface area contributed by atoms with Crippen LogP contribution in [0.15, 0.2) is 182 Å². The molecule has 11 rings (SSSR count). The van der Waals surface area contributed by atoms with Crippen LogP contribution >= 0.6 is 0 Å². The Morgan fingerprint density at radius 2 is 0.849 bits per heavy atom. The molecule has 246 valence electrons. The summed E-state index contributed by atoms with van der Waals surface area (Å²) in [5, 5.41) is 17.0. The van der Waals surface area contributed by atoms with Crippen molar-refractivity contribution in [1.82, 2.24) is 13.7 Å². The molecule has 0 saturated heterocycles. The van der Waals surface area contributed by atoms with Crippen molar-refractivity contribution < 1.29 is 0 Å². The molecule has 0 spiro atoms. The van der Waals surface area contributed by atoms with Crippen LogP contribution in [-0.2, 0) is 0 Å². The first-order chi connectivity index (χ1) is 26.3. The lowest BCUT2D eigenvalue weighted by molar-refractivity contribution is 1.17. The van der Waals surface area contributed by atoms with Crippen LogP contribution in [-0.4, -0.2) is 13.7 Å². The lowest BCUT2D eigenvalue weighted by Gasteiger charge is -2.13. The van der Waals surface area contributed by atoms with E-state index in [0.717, 1.165) is 61.0 Å². The van der Waals surface area contributed by atoms with Crippen LogP contribution in [0.25, 0.3) is 93.6 Å². The van der Waals surface area contributed by atoms with Crippen molar-refractivity contribution in [3.8, 4) is 34.3 Å². The molecule has 0 atom stereocenters. The number of nitriles is 1. The Labute approximate surface area is 305 Å². The van der Waals surface area contributed by atoms with Gasteiger partial charge >= 0.3 is 0 Å². The third-order valence-electron chi connectivity index (χ3n) is 10.8. The topological polar surface area (TPSA) is 38.6 Å². The molecule has 0 aliphatic rings. The lowest BCUT2D eigenvalue weighted by Crippen LogP contribution is -1.96. The van der Waals surface area contributed by atoms with Gasteiger partial charge in [0.2, 0.25) is 0 Å². The van der Waals surface area contributed by atoms with Gasteiger partial charge in [0.1, 0.15) is 0 Å². The molecule has 0 fully saturated rings. The van der Waals surface area contributed by atoms with E-state index in [2.05, 4.69) is 190 Å². The zero-order valence-electron chi connectivity index (χ0n) is 28.6. The minimum absolute atomic E-state index is 0.652. The van der Waals surface area contributed by atoms with Crippen LogP contribution in [0.1, 0.15) is 5.56 Å². The number of rotatable bonds is 4. The predicted molar refractivity (Wildman–Crippen MR) is 220 cm³/mol. The standard InChI is InChI=1S/C49H30N4/c50-31-32-24-26-46-42(28-32)40-25-27-47-48(41-20-6-9-23-45(41)51(47)35-14-2-1-3-15-35)49(40)53(46)37-17-11-13-34(30-37)33-12-10-16-36(29-33)52-43-21-7-4-18-38(43)39-19-5-8-22-44(39)52/h1-30H. The van der Waals surface area contributed by atoms with E-state index in [4.69, 9.17) is 0 Å². The minimum Gasteiger partial charge on any atom is -0.309 e. The molecular formula is C49H30N4. The fourth-order valence-electron chi connectivity index (χ4n) is 8.60. The highest BCUT2D eigenvalue weighted by Crippen LogP contribution is 2.43. The van der Waals surface area contributed by atoms with E-state index in [0.29, 0.717) is 5.56 Å². The van der Waals surface area contributed by atoms with Crippen LogP contribution in [0.5, 0.6) is 0 Å². The summed E-state index contributed by atoms with van der Waals surface area (Å²) in [5.41, 5.74) is 13.1. The molecule has 8 aromatic carbocycles. The van der Waals surface area contributed by atoms with Gasteiger partial charge in [-0.3, -0.25) is 0 Å². The first-order valence-electron chi connectivity index (χ1n) is 17.9. The SMILES string of the molecule is N#Cc1ccc2c(c1)c1ccc3c(c4ccccc4n3-c3ccccc3)c1n2-c1cccc(-c2cccc(-n3c4ccccc4c4ccccc43)c2)c1. The Kier molecular flexibility index (Phi) is 6.28. The fourth-order valence-corrected chi connectivity index (χ4v) is 8.60. The molecule has 4 nitrogen and oxygen atoms in total. The maximum absolute atomic E-state index is 9.94. The third kappa shape index (κ3) is 4.29. The summed E-state index contributed by atoms with van der Waals surface area (Å²) in [6.07, 6.45) is 0. The second-order valence-corrected chi connectivity index (χ2v) is 13.7. The minimum atomic E-state index is 0.652. The molecule has 3 aromatic heterocycles. The molecule has 0 aliphatic heterocycles. The molecule has 0 N–H and O–H groups in total. The number of hydrogen-bond donors (Lipinski definition) is 0. The lowest BCUT2D eigenvalue weighted by atomic mass is 10.0. The summed E-state index contributed by atoms with van der Waals surface area (Å²) < 4.78 is 7.14. The Balaban J connectivity index is 1.17. The second kappa shape index (κ2) is 11.3. The van der Waals surface area contributed by atoms with Crippen LogP contribution < -0.4 is 0 Å². The molecule has 0 saturated carbocycles. The van der Waals surface area contributed by atoms with Crippen LogP contribution in [0.4, 0.5) is 0 Å². The number of aromatic nitrogens is 3. The van der Waals surface area contributed by atoms with Gasteiger partial charge in [-0.2, -0.15) is 5.26 Å². The van der Waals surface area contributed by atoms with E-state index >= 15 is 0 Å². The highest BCUT2D eigenvalue weighted by Gasteiger charge is 2.21. The summed E-state index contributed by atoms with van der Waals surface area (Å²) in [6, 6.07) is 67.2. The first-order valence-corrected chi connectivity index (χ1v) is 17.9. The summed E-state index contributed by atoms with van der Waals surface area (Å²) in [6.45, 7) is 0. The fraction of sp³-hybridized carbons (Fsp3) is 0. The molecule has 0 bridgehead atoms. The number of para-hydroxylation sites is 4. The predicted octanol–water partition coefficient (Wildman–Crippen LogP) is 12.5. The molecule has 11 aromatic rings. The van der Waals surface area contributed by atoms with Gasteiger partial charge in [-0.05, 0) is 90.0 Å². The number of hydrogen-bond acceptors (Lipinski definition) is 1. The van der Waals surface area contributed by atoms with Crippen molar-refractivity contribution in [3.05, 3.63) is 188 Å². The summed E-state index contributed by atoms with van der Waals surface area (Å²) >= 11 is 0. The monoisotopic (exact) mass is 674 g/mol. The Hall–Kier alpha value is -7.35. The Morgan fingerprint density at radius 1 is 0.340 bits per heavy atom. The van der Waals surface area contributed by atoms with Crippen molar-refractivity contribution >= 4 is 65.4 Å². The maximum atomic E-state index is 9.94. The van der Waals surface area contributed by atoms with Crippen molar-refractivity contribution in [2.24, 2.45) is 0 Å². The van der Waals surface area contributed by atoms with Crippen LogP contribution in [0.3, 0.4) is 0 Å². The molecule has 0 amide bonds. The number of fused-ring (bicyclic) bond motifs is 10. The zero-order chi connectivity index (χ0) is 35.0. The van der Waals surface area contributed by atoms with E-state index in [1.807, 2.05) is 12.1 Å². The van der Waals surface area contributed by atoms with Crippen molar-refractivity contribution in [2.45, 2.75) is 0 Å². The van der Waals surface area contributed by atoms with Gasteiger partial charge in [0, 0.05) is 49.4 Å². The van der Waals surface area contributed by atoms with Gasteiger partial charge in [-0.1, -0.05) is 103 Å². The van der Waals surface area contributed by atoms with Crippen molar-refractivity contribution in [2.75, 3.05) is 0 Å². The summed E-state index contributed by atoms with van der Waals surface area (Å²) in [5.74, 6) is 0. The van der Waals surface area contributed by atoms with Crippen molar-refractivity contribution in [3.63, 3.8) is 0 Å². The van der Waals surface area contributed by atoms with Crippen molar-refractivity contribution in [1.29, 1.82) is 5.26 Å². The van der Waals surface area contributed by atoms with Crippen LogP contribution in [0.2, 0.25) is 0 Å². The number of benzene rings is 8. The summed E-state index contributed by atoms with van der Waals surface area (Å²) in [7, 11) is 0. The Bertz CT molecular complexity index is 3240. The van der Waals surface area contributed by atoms with E-state index in [1.54, 1.807) is 0 Å². The van der Waals surface area contributed by atoms with Gasteiger partial charge in [0.25, 0.3) is 0 Å². The smallest absolute Gasteiger partial charge is 0.0991 e. The molecule has 4 heteroatoms. The third-order valence-corrected chi connectivity index (χ3v) is 10.8. The maximum Gasteiger partial charge on any atom is 0.0991 e. The van der Waals surface area contributed by atoms with E-state index < -0.39 is 0 Å². The molecule has 53 heavy (non-hydrogen) atoms.